The summed E-state index contributed by atoms with van der Waals surface area (Å²) in [6.45, 7) is 0. The van der Waals surface area contributed by atoms with Gasteiger partial charge in [-0.1, -0.05) is 48.0 Å². The van der Waals surface area contributed by atoms with Crippen LogP contribution in [0.5, 0.6) is 0 Å². The summed E-state index contributed by atoms with van der Waals surface area (Å²) in [6.07, 6.45) is 0. The summed E-state index contributed by atoms with van der Waals surface area (Å²) in [5, 5.41) is 8.73. The van der Waals surface area contributed by atoms with Crippen molar-refractivity contribution in [2.75, 3.05) is 7.05 Å². The minimum absolute atomic E-state index is 0.150. The zero-order valence-electron chi connectivity index (χ0n) is 10.6. The maximum absolute atomic E-state index is 6.25. The van der Waals surface area contributed by atoms with Crippen molar-refractivity contribution in [3.63, 3.8) is 0 Å². The van der Waals surface area contributed by atoms with E-state index in [1.165, 1.54) is 21.2 Å². The summed E-state index contributed by atoms with van der Waals surface area (Å²) < 4.78 is 0. The van der Waals surface area contributed by atoms with E-state index in [0.717, 1.165) is 5.02 Å². The van der Waals surface area contributed by atoms with E-state index < -0.39 is 0 Å². The van der Waals surface area contributed by atoms with Crippen LogP contribution in [0.15, 0.2) is 53.9 Å². The van der Waals surface area contributed by atoms with Crippen molar-refractivity contribution in [2.45, 2.75) is 6.04 Å². The minimum atomic E-state index is 0.150. The lowest BCUT2D eigenvalue weighted by Crippen LogP contribution is -2.16. The number of nitrogens with one attached hydrogen (secondary N) is 1. The summed E-state index contributed by atoms with van der Waals surface area (Å²) in [5.41, 5.74) is 1.24. The summed E-state index contributed by atoms with van der Waals surface area (Å²) in [4.78, 5) is 1.17. The van der Waals surface area contributed by atoms with E-state index in [0.29, 0.717) is 0 Å². The van der Waals surface area contributed by atoms with Crippen LogP contribution in [0, 0.1) is 0 Å². The number of fused-ring (bicyclic) bond motifs is 1. The Morgan fingerprint density at radius 3 is 2.53 bits per heavy atom. The number of hydrogen-bond acceptors (Lipinski definition) is 2. The van der Waals surface area contributed by atoms with Crippen molar-refractivity contribution in [1.29, 1.82) is 0 Å². The van der Waals surface area contributed by atoms with Gasteiger partial charge in [-0.3, -0.25) is 0 Å². The van der Waals surface area contributed by atoms with Crippen LogP contribution in [0.4, 0.5) is 0 Å². The molecule has 0 amide bonds. The van der Waals surface area contributed by atoms with E-state index in [1.807, 2.05) is 18.5 Å². The van der Waals surface area contributed by atoms with Crippen LogP contribution in [0.1, 0.15) is 16.5 Å². The first-order valence-corrected chi connectivity index (χ1v) is 7.44. The van der Waals surface area contributed by atoms with Gasteiger partial charge in [-0.15, -0.1) is 11.3 Å². The van der Waals surface area contributed by atoms with E-state index >= 15 is 0 Å². The van der Waals surface area contributed by atoms with Gasteiger partial charge in [0.25, 0.3) is 0 Å². The van der Waals surface area contributed by atoms with Gasteiger partial charge in [0.15, 0.2) is 0 Å². The molecule has 3 rings (SSSR count). The number of hydrogen-bond donors (Lipinski definition) is 1. The Morgan fingerprint density at radius 2 is 1.84 bits per heavy atom. The molecule has 0 radical (unpaired) electrons. The topological polar surface area (TPSA) is 12.0 Å². The molecule has 0 aliphatic carbocycles. The standard InChI is InChI=1S/C16H14ClNS/c1-18-15(16-14(17)8-9-19-16)13-7-6-11-4-2-3-5-12(11)10-13/h2-10,15,18H,1H3. The number of rotatable bonds is 3. The highest BCUT2D eigenvalue weighted by molar-refractivity contribution is 7.10. The Morgan fingerprint density at radius 1 is 1.05 bits per heavy atom. The zero-order valence-corrected chi connectivity index (χ0v) is 12.1. The van der Waals surface area contributed by atoms with Crippen molar-refractivity contribution < 1.29 is 0 Å². The third-order valence-corrected chi connectivity index (χ3v) is 4.73. The number of thiophene rings is 1. The van der Waals surface area contributed by atoms with Crippen molar-refractivity contribution in [2.24, 2.45) is 0 Å². The van der Waals surface area contributed by atoms with Gasteiger partial charge in [-0.2, -0.15) is 0 Å². The highest BCUT2D eigenvalue weighted by atomic mass is 35.5. The number of benzene rings is 2. The maximum Gasteiger partial charge on any atom is 0.0683 e. The molecule has 0 aliphatic rings. The van der Waals surface area contributed by atoms with E-state index in [4.69, 9.17) is 11.6 Å². The third-order valence-electron chi connectivity index (χ3n) is 3.30. The van der Waals surface area contributed by atoms with Crippen molar-refractivity contribution in [1.82, 2.24) is 5.32 Å². The molecule has 0 fully saturated rings. The second kappa shape index (κ2) is 5.33. The second-order valence-corrected chi connectivity index (χ2v) is 5.82. The van der Waals surface area contributed by atoms with Crippen LogP contribution >= 0.6 is 22.9 Å². The van der Waals surface area contributed by atoms with Gasteiger partial charge in [0.1, 0.15) is 0 Å². The summed E-state index contributed by atoms with van der Waals surface area (Å²) in [6, 6.07) is 17.1. The summed E-state index contributed by atoms with van der Waals surface area (Å²) in [7, 11) is 1.97. The highest BCUT2D eigenvalue weighted by Gasteiger charge is 2.16. The van der Waals surface area contributed by atoms with Crippen LogP contribution in [0.3, 0.4) is 0 Å². The molecule has 1 heterocycles. The van der Waals surface area contributed by atoms with Crippen LogP contribution in [-0.2, 0) is 0 Å². The molecule has 1 N–H and O–H groups in total. The fourth-order valence-corrected chi connectivity index (χ4v) is 3.65. The van der Waals surface area contributed by atoms with Gasteiger partial charge in [-0.25, -0.2) is 0 Å². The molecular weight excluding hydrogens is 274 g/mol. The summed E-state index contributed by atoms with van der Waals surface area (Å²) >= 11 is 7.94. The van der Waals surface area contributed by atoms with Crippen LogP contribution in [-0.4, -0.2) is 7.05 Å². The first-order chi connectivity index (χ1) is 9.29. The Kier molecular flexibility index (Phi) is 3.56. The molecule has 0 saturated carbocycles. The molecule has 96 valence electrons. The molecule has 0 spiro atoms. The van der Waals surface area contributed by atoms with Crippen molar-refractivity contribution in [3.05, 3.63) is 69.4 Å². The first-order valence-electron chi connectivity index (χ1n) is 6.18. The molecule has 0 saturated heterocycles. The minimum Gasteiger partial charge on any atom is -0.309 e. The predicted molar refractivity (Wildman–Crippen MR) is 84.2 cm³/mol. The van der Waals surface area contributed by atoms with Gasteiger partial charge in [0.2, 0.25) is 0 Å². The Labute approximate surface area is 121 Å². The average Bonchev–Trinajstić information content (AvgIpc) is 2.86. The molecule has 1 nitrogen and oxygen atoms in total. The molecule has 2 aromatic carbocycles. The van der Waals surface area contributed by atoms with E-state index in [-0.39, 0.29) is 6.04 Å². The van der Waals surface area contributed by atoms with Crippen LogP contribution in [0.2, 0.25) is 5.02 Å². The maximum atomic E-state index is 6.25. The van der Waals surface area contributed by atoms with E-state index in [2.05, 4.69) is 47.8 Å². The number of halogens is 1. The molecule has 1 atom stereocenters. The van der Waals surface area contributed by atoms with Crippen LogP contribution in [0.25, 0.3) is 10.8 Å². The van der Waals surface area contributed by atoms with Gasteiger partial charge in [0, 0.05) is 4.88 Å². The molecule has 0 aliphatic heterocycles. The van der Waals surface area contributed by atoms with Gasteiger partial charge < -0.3 is 5.32 Å². The lowest BCUT2D eigenvalue weighted by molar-refractivity contribution is 0.705. The van der Waals surface area contributed by atoms with Gasteiger partial charge >= 0.3 is 0 Å². The SMILES string of the molecule is CNC(c1ccc2ccccc2c1)c1sccc1Cl. The fraction of sp³-hybridized carbons (Fsp3) is 0.125. The van der Waals surface area contributed by atoms with E-state index in [9.17, 15) is 0 Å². The first kappa shape index (κ1) is 12.7. The molecule has 1 unspecified atom stereocenters. The Hall–Kier alpha value is -1.35. The predicted octanol–water partition coefficient (Wildman–Crippen LogP) is 4.86. The molecular formula is C16H14ClNS. The molecule has 3 aromatic rings. The largest absolute Gasteiger partial charge is 0.309 e. The van der Waals surface area contributed by atoms with Gasteiger partial charge in [0.05, 0.1) is 11.1 Å². The quantitative estimate of drug-likeness (QED) is 0.725. The van der Waals surface area contributed by atoms with Gasteiger partial charge in [-0.05, 0) is 40.9 Å². The monoisotopic (exact) mass is 287 g/mol. The lowest BCUT2D eigenvalue weighted by Gasteiger charge is -2.16. The average molecular weight is 288 g/mol. The lowest BCUT2D eigenvalue weighted by atomic mass is 10.0. The second-order valence-electron chi connectivity index (χ2n) is 4.46. The highest BCUT2D eigenvalue weighted by Crippen LogP contribution is 2.33. The summed E-state index contributed by atoms with van der Waals surface area (Å²) in [5.74, 6) is 0. The molecule has 1 aromatic heterocycles. The normalized spacial score (nSPS) is 12.7. The Balaban J connectivity index is 2.09. The third kappa shape index (κ3) is 2.39. The smallest absolute Gasteiger partial charge is 0.0683 e. The van der Waals surface area contributed by atoms with Crippen molar-refractivity contribution in [3.8, 4) is 0 Å². The fourth-order valence-electron chi connectivity index (χ4n) is 2.35. The van der Waals surface area contributed by atoms with Crippen molar-refractivity contribution >= 4 is 33.7 Å². The zero-order chi connectivity index (χ0) is 13.2. The van der Waals surface area contributed by atoms with E-state index in [1.54, 1.807) is 11.3 Å². The molecule has 3 heteroatoms. The van der Waals surface area contributed by atoms with Crippen LogP contribution < -0.4 is 5.32 Å². The Bertz CT molecular complexity index is 705. The molecule has 0 bridgehead atoms. The molecule has 19 heavy (non-hydrogen) atoms.